The standard InChI is InChI=1S/C62H49BN2O2S2/c1-37-32-52-59-53(33-37)65(44-23-19-42(20-24-44)62(2,3)4)60-49(27-29-54-61(60)67-31-9-30-66-54)63(59)50-34-39(41-17-26-48-46-11-6-8-13-56(46)69-58(48)36-41)18-28-51(50)64(52)43-21-14-38(15-22-43)40-16-25-47-45-10-5-7-12-55(45)68-57(47)35-40/h5-8,10-29,32-36,45,55H,9,30-31H2,1-4H3. The zero-order chi connectivity index (χ0) is 46.1. The average Bonchev–Trinajstić information content (AvgIpc) is 3.83. The lowest BCUT2D eigenvalue weighted by Crippen LogP contribution is -2.61. The van der Waals surface area contributed by atoms with E-state index < -0.39 is 0 Å². The maximum Gasteiger partial charge on any atom is 0.252 e. The number of ether oxygens (including phenoxy) is 2. The van der Waals surface area contributed by atoms with E-state index in [4.69, 9.17) is 9.47 Å². The van der Waals surface area contributed by atoms with E-state index in [-0.39, 0.29) is 12.1 Å². The molecule has 0 saturated carbocycles. The molecule has 1 aliphatic carbocycles. The summed E-state index contributed by atoms with van der Waals surface area (Å²) >= 11 is 3.86. The summed E-state index contributed by atoms with van der Waals surface area (Å²) < 4.78 is 15.9. The first-order valence-corrected chi connectivity index (χ1v) is 26.0. The lowest BCUT2D eigenvalue weighted by Gasteiger charge is -2.45. The topological polar surface area (TPSA) is 24.9 Å². The van der Waals surface area contributed by atoms with Gasteiger partial charge in [0.15, 0.2) is 11.5 Å². The van der Waals surface area contributed by atoms with Crippen molar-refractivity contribution in [1.29, 1.82) is 0 Å². The minimum Gasteiger partial charge on any atom is -0.489 e. The Morgan fingerprint density at radius 1 is 0.594 bits per heavy atom. The van der Waals surface area contributed by atoms with Crippen molar-refractivity contribution in [3.05, 3.63) is 193 Å². The van der Waals surface area contributed by atoms with Crippen molar-refractivity contribution in [2.45, 2.75) is 55.6 Å². The van der Waals surface area contributed by atoms with Crippen LogP contribution in [-0.4, -0.2) is 25.2 Å². The first-order valence-electron chi connectivity index (χ1n) is 24.3. The van der Waals surface area contributed by atoms with Gasteiger partial charge in [0.2, 0.25) is 0 Å². The van der Waals surface area contributed by atoms with Gasteiger partial charge in [-0.2, -0.15) is 0 Å². The molecule has 5 heterocycles. The Bertz CT molecular complexity index is 3660. The second-order valence-electron chi connectivity index (χ2n) is 20.3. The van der Waals surface area contributed by atoms with E-state index in [0.29, 0.717) is 24.4 Å². The number of thiophene rings is 1. The number of fused-ring (bicyclic) bond motifs is 12. The molecular formula is C62H49BN2O2S2. The second kappa shape index (κ2) is 15.5. The molecule has 2 unspecified atom stereocenters. The molecule has 0 spiro atoms. The van der Waals surface area contributed by atoms with Gasteiger partial charge in [-0.1, -0.05) is 130 Å². The Morgan fingerprint density at radius 2 is 1.29 bits per heavy atom. The summed E-state index contributed by atoms with van der Waals surface area (Å²) in [6.07, 6.45) is 9.92. The maximum atomic E-state index is 6.81. The summed E-state index contributed by atoms with van der Waals surface area (Å²) in [7, 11) is 0. The summed E-state index contributed by atoms with van der Waals surface area (Å²) in [6.45, 7) is 10.2. The van der Waals surface area contributed by atoms with Crippen LogP contribution in [0.25, 0.3) is 42.4 Å². The molecule has 5 aliphatic rings. The molecule has 334 valence electrons. The molecule has 0 radical (unpaired) electrons. The minimum absolute atomic E-state index is 0.0200. The van der Waals surface area contributed by atoms with E-state index in [1.807, 2.05) is 23.1 Å². The molecule has 7 heteroatoms. The van der Waals surface area contributed by atoms with E-state index in [1.165, 1.54) is 91.8 Å². The predicted molar refractivity (Wildman–Crippen MR) is 294 cm³/mol. The molecule has 0 N–H and O–H groups in total. The van der Waals surface area contributed by atoms with Crippen LogP contribution in [0.5, 0.6) is 11.5 Å². The Balaban J connectivity index is 0.972. The molecule has 14 rings (SSSR count). The fourth-order valence-corrected chi connectivity index (χ4v) is 14.1. The summed E-state index contributed by atoms with van der Waals surface area (Å²) in [6, 6.07) is 57.8. The van der Waals surface area contributed by atoms with Crippen LogP contribution in [-0.2, 0) is 5.41 Å². The molecular weight excluding hydrogens is 880 g/mol. The Morgan fingerprint density at radius 3 is 2.14 bits per heavy atom. The Labute approximate surface area is 412 Å². The highest BCUT2D eigenvalue weighted by molar-refractivity contribution is 8.00. The number of aryl methyl sites for hydroxylation is 1. The predicted octanol–water partition coefficient (Wildman–Crippen LogP) is 14.9. The number of hydrogen-bond acceptors (Lipinski definition) is 6. The summed E-state index contributed by atoms with van der Waals surface area (Å²) in [5.74, 6) is 2.08. The van der Waals surface area contributed by atoms with Gasteiger partial charge in [0, 0.05) is 71.1 Å². The average molecular weight is 929 g/mol. The molecule has 0 saturated heterocycles. The summed E-state index contributed by atoms with van der Waals surface area (Å²) in [5.41, 5.74) is 19.5. The molecule has 4 aliphatic heterocycles. The molecule has 0 bridgehead atoms. The quantitative estimate of drug-likeness (QED) is 0.164. The summed E-state index contributed by atoms with van der Waals surface area (Å²) in [5, 5.41) is 3.11. The van der Waals surface area contributed by atoms with Crippen molar-refractivity contribution in [1.82, 2.24) is 0 Å². The van der Waals surface area contributed by atoms with Crippen LogP contribution >= 0.6 is 23.1 Å². The van der Waals surface area contributed by atoms with Crippen LogP contribution < -0.4 is 35.7 Å². The molecule has 1 aromatic heterocycles. The fourth-order valence-electron chi connectivity index (χ4n) is 11.6. The zero-order valence-electron chi connectivity index (χ0n) is 39.1. The first kappa shape index (κ1) is 41.1. The summed E-state index contributed by atoms with van der Waals surface area (Å²) in [4.78, 5) is 6.38. The number of hydrogen-bond donors (Lipinski definition) is 0. The number of thioether (sulfide) groups is 1. The van der Waals surface area contributed by atoms with Gasteiger partial charge in [0.05, 0.1) is 18.9 Å². The Kier molecular flexibility index (Phi) is 9.26. The van der Waals surface area contributed by atoms with Gasteiger partial charge < -0.3 is 19.3 Å². The van der Waals surface area contributed by atoms with Crippen molar-refractivity contribution >= 4 is 100 Å². The van der Waals surface area contributed by atoms with Gasteiger partial charge in [0.1, 0.15) is 0 Å². The van der Waals surface area contributed by atoms with E-state index in [2.05, 4.69) is 213 Å². The highest BCUT2D eigenvalue weighted by Gasteiger charge is 2.45. The lowest BCUT2D eigenvalue weighted by atomic mass is 9.33. The molecule has 0 fully saturated rings. The number of allylic oxidation sites excluding steroid dienone is 3. The molecule has 69 heavy (non-hydrogen) atoms. The van der Waals surface area contributed by atoms with Gasteiger partial charge >= 0.3 is 0 Å². The van der Waals surface area contributed by atoms with Crippen LogP contribution in [0.4, 0.5) is 34.1 Å². The first-order chi connectivity index (χ1) is 33.7. The van der Waals surface area contributed by atoms with Gasteiger partial charge in [-0.15, -0.1) is 23.1 Å². The van der Waals surface area contributed by atoms with Crippen LogP contribution in [0.3, 0.4) is 0 Å². The number of anilines is 6. The highest BCUT2D eigenvalue weighted by Crippen LogP contribution is 2.52. The number of rotatable bonds is 4. The number of benzene rings is 8. The normalized spacial score (nSPS) is 17.4. The number of nitrogens with zero attached hydrogens (tertiary/aromatic N) is 2. The smallest absolute Gasteiger partial charge is 0.252 e. The van der Waals surface area contributed by atoms with Crippen molar-refractivity contribution in [2.24, 2.45) is 0 Å². The molecule has 9 aromatic rings. The van der Waals surface area contributed by atoms with Crippen LogP contribution in [0.1, 0.15) is 49.8 Å². The zero-order valence-corrected chi connectivity index (χ0v) is 40.8. The van der Waals surface area contributed by atoms with E-state index in [9.17, 15) is 0 Å². The third kappa shape index (κ3) is 6.50. The maximum absolute atomic E-state index is 6.81. The van der Waals surface area contributed by atoms with E-state index >= 15 is 0 Å². The minimum atomic E-state index is -0.0799. The highest BCUT2D eigenvalue weighted by atomic mass is 32.2. The molecule has 8 aromatic carbocycles. The third-order valence-electron chi connectivity index (χ3n) is 15.0. The van der Waals surface area contributed by atoms with Gasteiger partial charge in [-0.05, 0) is 134 Å². The molecule has 2 atom stereocenters. The Hall–Kier alpha value is -6.93. The third-order valence-corrected chi connectivity index (χ3v) is 17.4. The second-order valence-corrected chi connectivity index (χ2v) is 22.6. The van der Waals surface area contributed by atoms with Crippen molar-refractivity contribution < 1.29 is 9.47 Å². The van der Waals surface area contributed by atoms with Crippen LogP contribution in [0, 0.1) is 6.92 Å². The van der Waals surface area contributed by atoms with Gasteiger partial charge in [-0.3, -0.25) is 0 Å². The van der Waals surface area contributed by atoms with Gasteiger partial charge in [-0.25, -0.2) is 0 Å². The fraction of sp³-hybridized carbons (Fsp3) is 0.161. The molecule has 4 nitrogen and oxygen atoms in total. The van der Waals surface area contributed by atoms with E-state index in [1.54, 1.807) is 0 Å². The largest absolute Gasteiger partial charge is 0.489 e. The van der Waals surface area contributed by atoms with Gasteiger partial charge in [0.25, 0.3) is 6.71 Å². The van der Waals surface area contributed by atoms with Crippen molar-refractivity contribution in [2.75, 3.05) is 23.0 Å². The molecule has 0 amide bonds. The lowest BCUT2D eigenvalue weighted by molar-refractivity contribution is 0.297. The van der Waals surface area contributed by atoms with Crippen LogP contribution in [0.15, 0.2) is 181 Å². The van der Waals surface area contributed by atoms with E-state index in [0.717, 1.165) is 40.7 Å². The van der Waals surface area contributed by atoms with Crippen LogP contribution in [0.2, 0.25) is 0 Å². The van der Waals surface area contributed by atoms with Crippen molar-refractivity contribution in [3.8, 4) is 33.8 Å². The SMILES string of the molecule is Cc1cc2c3c(c1)N(c1ccc(C(C)(C)C)cc1)c1c(ccc4c1OCCCO4)B3c1cc(-c3ccc4c(c3)sc3ccccc34)ccc1N2c1ccc(-c2ccc3c(c2)SC2C=CC=CC32)cc1. The monoisotopic (exact) mass is 928 g/mol. The van der Waals surface area contributed by atoms with Crippen molar-refractivity contribution in [3.63, 3.8) is 0 Å².